The zero-order valence-corrected chi connectivity index (χ0v) is 8.89. The molecule has 0 amide bonds. The highest BCUT2D eigenvalue weighted by molar-refractivity contribution is 6.30. The molecular formula is C9H14ClN3. The van der Waals surface area contributed by atoms with E-state index in [0.717, 1.165) is 12.1 Å². The Labute approximate surface area is 82.9 Å². The fourth-order valence-electron chi connectivity index (χ4n) is 1.96. The van der Waals surface area contributed by atoms with Crippen LogP contribution in [0.1, 0.15) is 26.0 Å². The Hall–Kier alpha value is -0.540. The monoisotopic (exact) mass is 199 g/mol. The number of hydrogen-bond acceptors (Lipinski definition) is 2. The molecule has 2 N–H and O–H groups in total. The second-order valence-corrected chi connectivity index (χ2v) is 4.88. The molecule has 1 aliphatic carbocycles. The molecular weight excluding hydrogens is 186 g/mol. The standard InChI is InChI=1S/C9H14ClN3/c1-8(2)4-9(8,11)6-7(10)12-5-13(6)3/h5H,4,11H2,1-3H3. The van der Waals surface area contributed by atoms with Crippen LogP contribution in [0.5, 0.6) is 0 Å². The number of nitrogens with zero attached hydrogens (tertiary/aromatic N) is 2. The van der Waals surface area contributed by atoms with Crippen LogP contribution in [0.15, 0.2) is 6.33 Å². The van der Waals surface area contributed by atoms with E-state index in [9.17, 15) is 0 Å². The predicted octanol–water partition coefficient (Wildman–Crippen LogP) is 1.66. The summed E-state index contributed by atoms with van der Waals surface area (Å²) in [6.45, 7) is 4.30. The Kier molecular flexibility index (Phi) is 1.58. The van der Waals surface area contributed by atoms with Gasteiger partial charge in [0, 0.05) is 7.05 Å². The molecule has 0 radical (unpaired) electrons. The first-order chi connectivity index (χ1) is 5.88. The molecule has 1 heterocycles. The Balaban J connectivity index is 2.48. The van der Waals surface area contributed by atoms with Gasteiger partial charge in [0.05, 0.1) is 17.6 Å². The quantitative estimate of drug-likeness (QED) is 0.748. The average Bonchev–Trinajstić information content (AvgIpc) is 2.35. The summed E-state index contributed by atoms with van der Waals surface area (Å²) in [5, 5.41) is 0.538. The van der Waals surface area contributed by atoms with Crippen molar-refractivity contribution in [3.05, 3.63) is 17.2 Å². The highest BCUT2D eigenvalue weighted by Gasteiger charge is 2.61. The lowest BCUT2D eigenvalue weighted by Crippen LogP contribution is -2.28. The molecule has 1 aliphatic rings. The van der Waals surface area contributed by atoms with E-state index in [2.05, 4.69) is 18.8 Å². The first kappa shape index (κ1) is 9.03. The highest BCUT2D eigenvalue weighted by Crippen LogP contribution is 2.61. The molecule has 72 valence electrons. The Morgan fingerprint density at radius 2 is 2.15 bits per heavy atom. The van der Waals surface area contributed by atoms with E-state index >= 15 is 0 Å². The molecule has 0 aromatic carbocycles. The second kappa shape index (κ2) is 2.28. The lowest BCUT2D eigenvalue weighted by atomic mass is 10.0. The number of nitrogens with two attached hydrogens (primary N) is 1. The van der Waals surface area contributed by atoms with Crippen LogP contribution >= 0.6 is 11.6 Å². The fraction of sp³-hybridized carbons (Fsp3) is 0.667. The molecule has 0 spiro atoms. The number of aryl methyl sites for hydroxylation is 1. The third kappa shape index (κ3) is 1.04. The normalized spacial score (nSPS) is 30.5. The van der Waals surface area contributed by atoms with Gasteiger partial charge in [-0.1, -0.05) is 25.4 Å². The van der Waals surface area contributed by atoms with E-state index in [0.29, 0.717) is 5.15 Å². The minimum atomic E-state index is -0.282. The van der Waals surface area contributed by atoms with E-state index in [1.54, 1.807) is 6.33 Å². The Morgan fingerprint density at radius 1 is 1.62 bits per heavy atom. The minimum Gasteiger partial charge on any atom is -0.335 e. The summed E-state index contributed by atoms with van der Waals surface area (Å²) < 4.78 is 1.91. The third-order valence-corrected chi connectivity index (χ3v) is 3.40. The summed E-state index contributed by atoms with van der Waals surface area (Å²) in [7, 11) is 1.93. The third-order valence-electron chi connectivity index (χ3n) is 3.12. The maximum absolute atomic E-state index is 6.25. The maximum atomic E-state index is 6.25. The lowest BCUT2D eigenvalue weighted by Gasteiger charge is -2.15. The van der Waals surface area contributed by atoms with Gasteiger partial charge in [-0.15, -0.1) is 0 Å². The summed E-state index contributed by atoms with van der Waals surface area (Å²) in [6, 6.07) is 0. The van der Waals surface area contributed by atoms with Crippen molar-refractivity contribution in [3.8, 4) is 0 Å². The second-order valence-electron chi connectivity index (χ2n) is 4.53. The van der Waals surface area contributed by atoms with Gasteiger partial charge >= 0.3 is 0 Å². The molecule has 1 saturated carbocycles. The molecule has 1 fully saturated rings. The average molecular weight is 200 g/mol. The van der Waals surface area contributed by atoms with Gasteiger partial charge in [0.1, 0.15) is 0 Å². The first-order valence-electron chi connectivity index (χ1n) is 4.35. The van der Waals surface area contributed by atoms with E-state index < -0.39 is 0 Å². The molecule has 0 aliphatic heterocycles. The molecule has 13 heavy (non-hydrogen) atoms. The highest BCUT2D eigenvalue weighted by atomic mass is 35.5. The zero-order valence-electron chi connectivity index (χ0n) is 8.13. The van der Waals surface area contributed by atoms with Gasteiger partial charge in [-0.2, -0.15) is 0 Å². The van der Waals surface area contributed by atoms with Gasteiger partial charge < -0.3 is 10.3 Å². The van der Waals surface area contributed by atoms with Crippen molar-refractivity contribution in [3.63, 3.8) is 0 Å². The number of aromatic nitrogens is 2. The van der Waals surface area contributed by atoms with Crippen LogP contribution in [-0.4, -0.2) is 9.55 Å². The topological polar surface area (TPSA) is 43.8 Å². The summed E-state index contributed by atoms with van der Waals surface area (Å²) in [5.74, 6) is 0. The number of rotatable bonds is 1. The van der Waals surface area contributed by atoms with Gasteiger partial charge in [0.2, 0.25) is 0 Å². The Bertz CT molecular complexity index is 336. The predicted molar refractivity (Wildman–Crippen MR) is 52.5 cm³/mol. The molecule has 2 rings (SSSR count). The van der Waals surface area contributed by atoms with Crippen LogP contribution in [-0.2, 0) is 12.6 Å². The van der Waals surface area contributed by atoms with E-state index in [1.165, 1.54) is 0 Å². The van der Waals surface area contributed by atoms with E-state index in [1.807, 2.05) is 11.6 Å². The molecule has 1 aromatic rings. The smallest absolute Gasteiger partial charge is 0.152 e. The molecule has 3 nitrogen and oxygen atoms in total. The molecule has 1 atom stereocenters. The summed E-state index contributed by atoms with van der Waals surface area (Å²) in [4.78, 5) is 4.04. The summed E-state index contributed by atoms with van der Waals surface area (Å²) >= 11 is 5.99. The molecule has 1 unspecified atom stereocenters. The van der Waals surface area contributed by atoms with Crippen molar-refractivity contribution in [2.24, 2.45) is 18.2 Å². The summed E-state index contributed by atoms with van der Waals surface area (Å²) in [5.41, 5.74) is 7.06. The first-order valence-corrected chi connectivity index (χ1v) is 4.72. The van der Waals surface area contributed by atoms with Crippen molar-refractivity contribution >= 4 is 11.6 Å². The zero-order chi connectivity index (χ0) is 9.85. The van der Waals surface area contributed by atoms with Crippen LogP contribution in [0.25, 0.3) is 0 Å². The lowest BCUT2D eigenvalue weighted by molar-refractivity contribution is 0.488. The molecule has 4 heteroatoms. The van der Waals surface area contributed by atoms with Crippen molar-refractivity contribution in [2.45, 2.75) is 25.8 Å². The number of hydrogen-bond donors (Lipinski definition) is 1. The van der Waals surface area contributed by atoms with E-state index in [-0.39, 0.29) is 11.0 Å². The molecule has 0 bridgehead atoms. The van der Waals surface area contributed by atoms with Crippen LogP contribution in [0, 0.1) is 5.41 Å². The van der Waals surface area contributed by atoms with Crippen LogP contribution < -0.4 is 5.73 Å². The molecule has 0 saturated heterocycles. The largest absolute Gasteiger partial charge is 0.335 e. The maximum Gasteiger partial charge on any atom is 0.152 e. The number of imidazole rings is 1. The summed E-state index contributed by atoms with van der Waals surface area (Å²) in [6.07, 6.45) is 2.68. The minimum absolute atomic E-state index is 0.143. The van der Waals surface area contributed by atoms with Gasteiger partial charge in [-0.05, 0) is 11.8 Å². The van der Waals surface area contributed by atoms with Gasteiger partial charge in [0.25, 0.3) is 0 Å². The van der Waals surface area contributed by atoms with E-state index in [4.69, 9.17) is 17.3 Å². The van der Waals surface area contributed by atoms with Gasteiger partial charge in [0.15, 0.2) is 5.15 Å². The van der Waals surface area contributed by atoms with Crippen molar-refractivity contribution in [1.82, 2.24) is 9.55 Å². The van der Waals surface area contributed by atoms with Crippen LogP contribution in [0.3, 0.4) is 0 Å². The van der Waals surface area contributed by atoms with Gasteiger partial charge in [-0.25, -0.2) is 4.98 Å². The Morgan fingerprint density at radius 3 is 2.46 bits per heavy atom. The van der Waals surface area contributed by atoms with Gasteiger partial charge in [-0.3, -0.25) is 0 Å². The van der Waals surface area contributed by atoms with Crippen LogP contribution in [0.2, 0.25) is 5.15 Å². The van der Waals surface area contributed by atoms with Crippen molar-refractivity contribution in [1.29, 1.82) is 0 Å². The van der Waals surface area contributed by atoms with Crippen molar-refractivity contribution in [2.75, 3.05) is 0 Å². The van der Waals surface area contributed by atoms with Crippen LogP contribution in [0.4, 0.5) is 0 Å². The number of halogens is 1. The van der Waals surface area contributed by atoms with Crippen molar-refractivity contribution < 1.29 is 0 Å². The SMILES string of the molecule is Cn1cnc(Cl)c1C1(N)CC1(C)C. The fourth-order valence-corrected chi connectivity index (χ4v) is 2.30. The molecule has 1 aromatic heterocycles.